The van der Waals surface area contributed by atoms with E-state index in [1.807, 2.05) is 6.07 Å². The molecule has 0 radical (unpaired) electrons. The first-order valence-corrected chi connectivity index (χ1v) is 11.2. The Balaban J connectivity index is 1.36. The van der Waals surface area contributed by atoms with Crippen LogP contribution in [0.15, 0.2) is 36.5 Å². The van der Waals surface area contributed by atoms with Gasteiger partial charge in [0, 0.05) is 38.3 Å². The van der Waals surface area contributed by atoms with Crippen LogP contribution in [0.3, 0.4) is 0 Å². The molecule has 2 fully saturated rings. The third-order valence-electron chi connectivity index (χ3n) is 6.64. The number of hydrogen-bond acceptors (Lipinski definition) is 5. The van der Waals surface area contributed by atoms with Gasteiger partial charge in [-0.15, -0.1) is 0 Å². The summed E-state index contributed by atoms with van der Waals surface area (Å²) in [5.41, 5.74) is 0.410. The lowest BCUT2D eigenvalue weighted by molar-refractivity contribution is -0.132. The van der Waals surface area contributed by atoms with E-state index in [4.69, 9.17) is 5.26 Å². The van der Waals surface area contributed by atoms with E-state index in [-0.39, 0.29) is 36.5 Å². The molecule has 4 rings (SSSR count). The number of amides is 1. The molecule has 1 aromatic carbocycles. The minimum Gasteiger partial charge on any atom is -0.347 e. The zero-order chi connectivity index (χ0) is 24.4. The van der Waals surface area contributed by atoms with Crippen molar-refractivity contribution in [3.05, 3.63) is 59.3 Å². The van der Waals surface area contributed by atoms with Crippen LogP contribution in [-0.4, -0.2) is 53.9 Å². The maximum absolute atomic E-state index is 13.5. The van der Waals surface area contributed by atoms with Gasteiger partial charge in [-0.1, -0.05) is 13.0 Å². The number of nitrogens with one attached hydrogen (secondary N) is 1. The van der Waals surface area contributed by atoms with Gasteiger partial charge in [-0.2, -0.15) is 5.26 Å². The second kappa shape index (κ2) is 9.97. The zero-order valence-electron chi connectivity index (χ0n) is 18.6. The summed E-state index contributed by atoms with van der Waals surface area (Å²) in [5, 5.41) is 11.6. The normalized spacial score (nSPS) is 22.7. The molecule has 0 saturated carbocycles. The minimum absolute atomic E-state index is 0.00976. The second-order valence-electron chi connectivity index (χ2n) is 8.85. The van der Waals surface area contributed by atoms with Crippen LogP contribution in [-0.2, 0) is 4.79 Å². The van der Waals surface area contributed by atoms with Gasteiger partial charge in [-0.05, 0) is 42.2 Å². The Kier molecular flexibility index (Phi) is 7.03. The Hall–Kier alpha value is -3.19. The number of halogens is 4. The number of pyridine rings is 1. The van der Waals surface area contributed by atoms with Crippen LogP contribution >= 0.6 is 0 Å². The quantitative estimate of drug-likeness (QED) is 0.619. The van der Waals surface area contributed by atoms with Gasteiger partial charge in [0.15, 0.2) is 11.6 Å². The summed E-state index contributed by atoms with van der Waals surface area (Å²) in [6.45, 7) is 3.11. The number of alkyl halides is 2. The first-order valence-electron chi connectivity index (χ1n) is 11.2. The molecule has 2 aromatic rings. The summed E-state index contributed by atoms with van der Waals surface area (Å²) in [6.07, 6.45) is -0.400. The largest absolute Gasteiger partial charge is 0.347 e. The topological polar surface area (TPSA) is 72.3 Å². The van der Waals surface area contributed by atoms with E-state index < -0.39 is 24.1 Å². The van der Waals surface area contributed by atoms with Crippen molar-refractivity contribution in [3.8, 4) is 6.07 Å². The van der Waals surface area contributed by atoms with E-state index in [1.165, 1.54) is 6.20 Å². The molecule has 3 heterocycles. The predicted octanol–water partition coefficient (Wildman–Crippen LogP) is 3.64. The van der Waals surface area contributed by atoms with Gasteiger partial charge in [0.1, 0.15) is 11.9 Å². The Bertz CT molecular complexity index is 1070. The van der Waals surface area contributed by atoms with Crippen molar-refractivity contribution in [2.24, 2.45) is 5.92 Å². The highest BCUT2D eigenvalue weighted by molar-refractivity contribution is 5.77. The number of benzene rings is 1. The fraction of sp³-hybridized carbons (Fsp3) is 0.458. The van der Waals surface area contributed by atoms with E-state index in [1.54, 1.807) is 11.0 Å². The van der Waals surface area contributed by atoms with E-state index in [0.717, 1.165) is 30.4 Å². The molecule has 2 unspecified atom stereocenters. The van der Waals surface area contributed by atoms with Crippen LogP contribution in [0.25, 0.3) is 0 Å². The summed E-state index contributed by atoms with van der Waals surface area (Å²) >= 11 is 0. The number of carbonyl (C=O) groups is 1. The van der Waals surface area contributed by atoms with Crippen LogP contribution in [0, 0.1) is 28.9 Å². The predicted molar refractivity (Wildman–Crippen MR) is 117 cm³/mol. The maximum Gasteiger partial charge on any atom is 0.257 e. The second-order valence-corrected chi connectivity index (χ2v) is 8.85. The van der Waals surface area contributed by atoms with Gasteiger partial charge in [-0.25, -0.2) is 22.5 Å². The van der Waals surface area contributed by atoms with Gasteiger partial charge >= 0.3 is 0 Å². The number of piperazine rings is 1. The van der Waals surface area contributed by atoms with Gasteiger partial charge in [-0.3, -0.25) is 4.79 Å². The van der Waals surface area contributed by atoms with Crippen molar-refractivity contribution in [3.63, 3.8) is 0 Å². The smallest absolute Gasteiger partial charge is 0.257 e. The van der Waals surface area contributed by atoms with Gasteiger partial charge < -0.3 is 15.1 Å². The van der Waals surface area contributed by atoms with Crippen LogP contribution < -0.4 is 10.2 Å². The number of carbonyl (C=O) groups excluding carboxylic acids is 1. The highest BCUT2D eigenvalue weighted by Crippen LogP contribution is 2.37. The van der Waals surface area contributed by atoms with Crippen molar-refractivity contribution >= 4 is 11.7 Å². The first-order chi connectivity index (χ1) is 16.3. The zero-order valence-corrected chi connectivity index (χ0v) is 18.6. The molecule has 2 bridgehead atoms. The molecule has 34 heavy (non-hydrogen) atoms. The third-order valence-corrected chi connectivity index (χ3v) is 6.64. The number of fused-ring (bicyclic) bond motifs is 2. The Morgan fingerprint density at radius 3 is 2.65 bits per heavy atom. The van der Waals surface area contributed by atoms with Crippen LogP contribution in [0.4, 0.5) is 23.4 Å². The monoisotopic (exact) mass is 475 g/mol. The third kappa shape index (κ3) is 4.85. The van der Waals surface area contributed by atoms with Crippen LogP contribution in [0.1, 0.15) is 36.9 Å². The lowest BCUT2D eigenvalue weighted by atomic mass is 10.0. The average molecular weight is 475 g/mol. The highest BCUT2D eigenvalue weighted by atomic mass is 19.3. The molecule has 1 amide bonds. The highest BCUT2D eigenvalue weighted by Gasteiger charge is 2.45. The Morgan fingerprint density at radius 1 is 1.24 bits per heavy atom. The number of aromatic nitrogens is 1. The van der Waals surface area contributed by atoms with Crippen molar-refractivity contribution in [1.29, 1.82) is 5.26 Å². The number of anilines is 1. The number of nitrogens with zero attached hydrogens (tertiary/aromatic N) is 4. The molecule has 2 aliphatic heterocycles. The van der Waals surface area contributed by atoms with E-state index in [0.29, 0.717) is 24.6 Å². The number of likely N-dealkylation sites (tertiary alicyclic amines) is 1. The molecule has 10 heteroatoms. The van der Waals surface area contributed by atoms with Crippen molar-refractivity contribution in [2.45, 2.75) is 44.3 Å². The Labute approximate surface area is 195 Å². The summed E-state index contributed by atoms with van der Waals surface area (Å²) in [5.74, 6) is -1.33. The fourth-order valence-corrected chi connectivity index (χ4v) is 4.95. The lowest BCUT2D eigenvalue weighted by Crippen LogP contribution is -2.56. The maximum atomic E-state index is 13.5. The minimum atomic E-state index is -2.85. The summed E-state index contributed by atoms with van der Waals surface area (Å²) < 4.78 is 53.6. The van der Waals surface area contributed by atoms with E-state index >= 15 is 0 Å². The fourth-order valence-electron chi connectivity index (χ4n) is 4.95. The molecule has 180 valence electrons. The van der Waals surface area contributed by atoms with Crippen LogP contribution in [0.2, 0.25) is 0 Å². The van der Waals surface area contributed by atoms with E-state index in [2.05, 4.69) is 28.2 Å². The summed E-state index contributed by atoms with van der Waals surface area (Å²) in [4.78, 5) is 21.2. The number of hydrogen-bond donors (Lipinski definition) is 1. The number of rotatable bonds is 7. The standard InChI is InChI=1S/C24H25F4N5O/c1-14-8-17-12-32(13-20(14)33(17)21-5-2-15(10-29)11-31-21)22(34)6-7-30-23(24(27)28)16-3-4-18(25)19(26)9-16/h2-5,9,11,14,17,20,23-24,30H,6-8,12-13H2,1H3/t14-,17?,20?,23-/m0/s1. The lowest BCUT2D eigenvalue weighted by Gasteiger charge is -2.42. The molecule has 1 aromatic heterocycles. The van der Waals surface area contributed by atoms with Crippen LogP contribution in [0.5, 0.6) is 0 Å². The first kappa shape index (κ1) is 24.0. The van der Waals surface area contributed by atoms with Gasteiger partial charge in [0.05, 0.1) is 17.6 Å². The summed E-state index contributed by atoms with van der Waals surface area (Å²) in [7, 11) is 0. The van der Waals surface area contributed by atoms with E-state index in [9.17, 15) is 22.4 Å². The molecule has 2 saturated heterocycles. The molecular formula is C24H25F4N5O. The van der Waals surface area contributed by atoms with Crippen molar-refractivity contribution in [1.82, 2.24) is 15.2 Å². The molecule has 4 atom stereocenters. The molecule has 1 N–H and O–H groups in total. The molecule has 0 spiro atoms. The Morgan fingerprint density at radius 2 is 2.03 bits per heavy atom. The number of nitriles is 1. The summed E-state index contributed by atoms with van der Waals surface area (Å²) in [6, 6.07) is 6.93. The van der Waals surface area contributed by atoms with Crippen molar-refractivity contribution < 1.29 is 22.4 Å². The average Bonchev–Trinajstić information content (AvgIpc) is 3.02. The van der Waals surface area contributed by atoms with Crippen molar-refractivity contribution in [2.75, 3.05) is 24.5 Å². The molecule has 2 aliphatic rings. The molecule has 6 nitrogen and oxygen atoms in total. The van der Waals surface area contributed by atoms with Gasteiger partial charge in [0.25, 0.3) is 6.43 Å². The SMILES string of the molecule is C[C@H]1CC2CN(C(=O)CCN[C@@H](c3ccc(F)c(F)c3)C(F)F)CC1N2c1ccc(C#N)cn1. The molecule has 0 aliphatic carbocycles. The molecular weight excluding hydrogens is 450 g/mol. The van der Waals surface area contributed by atoms with Gasteiger partial charge in [0.2, 0.25) is 5.91 Å².